The van der Waals surface area contributed by atoms with Crippen LogP contribution in [0.3, 0.4) is 0 Å². The number of carbonyl (C=O) groups is 3. The van der Waals surface area contributed by atoms with Gasteiger partial charge in [0, 0.05) is 30.6 Å². The fourth-order valence-electron chi connectivity index (χ4n) is 2.60. The van der Waals surface area contributed by atoms with Crippen molar-refractivity contribution in [3.63, 3.8) is 0 Å². The van der Waals surface area contributed by atoms with E-state index in [9.17, 15) is 14.4 Å². The molecular weight excluding hydrogens is 400 g/mol. The molecule has 0 bridgehead atoms. The van der Waals surface area contributed by atoms with Gasteiger partial charge in [0.1, 0.15) is 5.75 Å². The van der Waals surface area contributed by atoms with Crippen molar-refractivity contribution in [3.05, 3.63) is 64.7 Å². The number of ether oxygens (including phenoxy) is 1. The van der Waals surface area contributed by atoms with Crippen LogP contribution in [0.15, 0.2) is 47.6 Å². The van der Waals surface area contributed by atoms with Crippen molar-refractivity contribution in [1.29, 1.82) is 0 Å². The van der Waals surface area contributed by atoms with E-state index < -0.39 is 5.91 Å². The first-order valence-electron chi connectivity index (χ1n) is 9.68. The standard InChI is InChI=1S/C22H26N4O5/c1-15-3-4-16(13-19(15)31-2)14-25-26-22(30)18-7-5-17(6-8-18)21(29)24-10-9-20(28)23-11-12-27/h3-8,13-14,27H,9-12H2,1-2H3,(H,23,28)(H,24,29)(H,26,30)/b25-14+. The van der Waals surface area contributed by atoms with Crippen molar-refractivity contribution in [2.24, 2.45) is 5.10 Å². The molecule has 0 aliphatic rings. The van der Waals surface area contributed by atoms with Crippen molar-refractivity contribution < 1.29 is 24.2 Å². The van der Waals surface area contributed by atoms with Crippen LogP contribution >= 0.6 is 0 Å². The Morgan fingerprint density at radius 3 is 2.32 bits per heavy atom. The van der Waals surface area contributed by atoms with Crippen LogP contribution in [0.25, 0.3) is 0 Å². The number of aryl methyl sites for hydroxylation is 1. The van der Waals surface area contributed by atoms with Crippen molar-refractivity contribution in [3.8, 4) is 5.75 Å². The largest absolute Gasteiger partial charge is 0.496 e. The molecule has 0 atom stereocenters. The second-order valence-corrected chi connectivity index (χ2v) is 6.58. The van der Waals surface area contributed by atoms with Gasteiger partial charge in [-0.1, -0.05) is 12.1 Å². The van der Waals surface area contributed by atoms with Gasteiger partial charge in [-0.25, -0.2) is 5.43 Å². The highest BCUT2D eigenvalue weighted by molar-refractivity contribution is 5.98. The summed E-state index contributed by atoms with van der Waals surface area (Å²) in [5, 5.41) is 17.7. The fraction of sp³-hybridized carbons (Fsp3) is 0.273. The minimum Gasteiger partial charge on any atom is -0.496 e. The lowest BCUT2D eigenvalue weighted by Gasteiger charge is -2.07. The smallest absolute Gasteiger partial charge is 0.271 e. The number of hydrogen-bond donors (Lipinski definition) is 4. The summed E-state index contributed by atoms with van der Waals surface area (Å²) in [5.41, 5.74) is 4.92. The molecule has 4 N–H and O–H groups in total. The van der Waals surface area contributed by atoms with Crippen LogP contribution in [0.2, 0.25) is 0 Å². The zero-order valence-corrected chi connectivity index (χ0v) is 17.5. The molecule has 0 heterocycles. The lowest BCUT2D eigenvalue weighted by molar-refractivity contribution is -0.121. The molecule has 0 unspecified atom stereocenters. The molecule has 0 saturated carbocycles. The van der Waals surface area contributed by atoms with E-state index >= 15 is 0 Å². The highest BCUT2D eigenvalue weighted by Gasteiger charge is 2.09. The van der Waals surface area contributed by atoms with Crippen LogP contribution in [0.1, 0.15) is 38.3 Å². The van der Waals surface area contributed by atoms with E-state index in [0.29, 0.717) is 11.1 Å². The summed E-state index contributed by atoms with van der Waals surface area (Å²) in [6.07, 6.45) is 1.62. The monoisotopic (exact) mass is 426 g/mol. The quantitative estimate of drug-likeness (QED) is 0.333. The van der Waals surface area contributed by atoms with Crippen molar-refractivity contribution >= 4 is 23.9 Å². The summed E-state index contributed by atoms with van der Waals surface area (Å²) >= 11 is 0. The Hall–Kier alpha value is -3.72. The number of carbonyl (C=O) groups excluding carboxylic acids is 3. The topological polar surface area (TPSA) is 129 Å². The molecule has 9 heteroatoms. The van der Waals surface area contributed by atoms with Crippen LogP contribution in [-0.4, -0.2) is 55.8 Å². The number of hydrogen-bond acceptors (Lipinski definition) is 6. The Labute approximate surface area is 180 Å². The van der Waals surface area contributed by atoms with Crippen LogP contribution in [0, 0.1) is 6.92 Å². The number of hydrazone groups is 1. The van der Waals surface area contributed by atoms with Crippen LogP contribution < -0.4 is 20.8 Å². The molecule has 2 aromatic carbocycles. The number of benzene rings is 2. The molecule has 9 nitrogen and oxygen atoms in total. The molecule has 0 aromatic heterocycles. The average molecular weight is 426 g/mol. The van der Waals surface area contributed by atoms with Crippen molar-refractivity contribution in [2.45, 2.75) is 13.3 Å². The molecular formula is C22H26N4O5. The third kappa shape index (κ3) is 7.56. The summed E-state index contributed by atoms with van der Waals surface area (Å²) in [5.74, 6) is -0.294. The summed E-state index contributed by atoms with van der Waals surface area (Å²) in [6, 6.07) is 11.6. The minimum atomic E-state index is -0.414. The van der Waals surface area contributed by atoms with Crippen LogP contribution in [-0.2, 0) is 4.79 Å². The third-order valence-corrected chi connectivity index (χ3v) is 4.29. The van der Waals surface area contributed by atoms with Gasteiger partial charge in [0.2, 0.25) is 5.91 Å². The van der Waals surface area contributed by atoms with Crippen molar-refractivity contribution in [1.82, 2.24) is 16.1 Å². The molecule has 0 aliphatic carbocycles. The first kappa shape index (κ1) is 23.6. The minimum absolute atomic E-state index is 0.108. The Kier molecular flexibility index (Phi) is 9.18. The number of amides is 3. The third-order valence-electron chi connectivity index (χ3n) is 4.29. The molecule has 3 amide bonds. The Morgan fingerprint density at radius 2 is 1.68 bits per heavy atom. The normalized spacial score (nSPS) is 10.5. The van der Waals surface area contributed by atoms with E-state index in [0.717, 1.165) is 16.9 Å². The van der Waals surface area contributed by atoms with E-state index in [1.807, 2.05) is 25.1 Å². The fourth-order valence-corrected chi connectivity index (χ4v) is 2.60. The predicted octanol–water partition coefficient (Wildman–Crippen LogP) is 0.996. The van der Waals surface area contributed by atoms with Gasteiger partial charge in [-0.3, -0.25) is 14.4 Å². The van der Waals surface area contributed by atoms with Gasteiger partial charge in [0.25, 0.3) is 11.8 Å². The van der Waals surface area contributed by atoms with E-state index in [1.165, 1.54) is 30.5 Å². The number of rotatable bonds is 10. The zero-order chi connectivity index (χ0) is 22.6. The molecule has 31 heavy (non-hydrogen) atoms. The van der Waals surface area contributed by atoms with E-state index in [-0.39, 0.29) is 37.9 Å². The summed E-state index contributed by atoms with van der Waals surface area (Å²) in [6.45, 7) is 2.14. The Bertz CT molecular complexity index is 941. The van der Waals surface area contributed by atoms with Gasteiger partial charge in [-0.15, -0.1) is 0 Å². The SMILES string of the molecule is COc1cc(/C=N/NC(=O)c2ccc(C(=O)NCCC(=O)NCCO)cc2)ccc1C. The van der Waals surface area contributed by atoms with Gasteiger partial charge in [-0.2, -0.15) is 5.10 Å². The van der Waals surface area contributed by atoms with Gasteiger partial charge < -0.3 is 20.5 Å². The Morgan fingerprint density at radius 1 is 1.00 bits per heavy atom. The molecule has 0 spiro atoms. The number of aliphatic hydroxyl groups excluding tert-OH is 1. The maximum atomic E-state index is 12.2. The molecule has 2 aromatic rings. The molecule has 0 fully saturated rings. The molecule has 0 saturated heterocycles. The van der Waals surface area contributed by atoms with E-state index in [1.54, 1.807) is 7.11 Å². The second-order valence-electron chi connectivity index (χ2n) is 6.58. The average Bonchev–Trinajstić information content (AvgIpc) is 2.78. The highest BCUT2D eigenvalue weighted by atomic mass is 16.5. The van der Waals surface area contributed by atoms with Gasteiger partial charge >= 0.3 is 0 Å². The Balaban J connectivity index is 1.84. The molecule has 164 valence electrons. The number of nitrogens with one attached hydrogen (secondary N) is 3. The van der Waals surface area contributed by atoms with Gasteiger partial charge in [0.05, 0.1) is 19.9 Å². The second kappa shape index (κ2) is 12.1. The van der Waals surface area contributed by atoms with E-state index in [2.05, 4.69) is 21.2 Å². The maximum absolute atomic E-state index is 12.2. The van der Waals surface area contributed by atoms with E-state index in [4.69, 9.17) is 9.84 Å². The lowest BCUT2D eigenvalue weighted by Crippen LogP contribution is -2.32. The number of methoxy groups -OCH3 is 1. The predicted molar refractivity (Wildman–Crippen MR) is 116 cm³/mol. The van der Waals surface area contributed by atoms with Gasteiger partial charge in [-0.05, 0) is 48.4 Å². The van der Waals surface area contributed by atoms with Crippen LogP contribution in [0.4, 0.5) is 0 Å². The summed E-state index contributed by atoms with van der Waals surface area (Å²) in [7, 11) is 1.59. The summed E-state index contributed by atoms with van der Waals surface area (Å²) < 4.78 is 5.25. The van der Waals surface area contributed by atoms with Crippen LogP contribution in [0.5, 0.6) is 5.75 Å². The maximum Gasteiger partial charge on any atom is 0.271 e. The number of aliphatic hydroxyl groups is 1. The first-order valence-corrected chi connectivity index (χ1v) is 9.68. The highest BCUT2D eigenvalue weighted by Crippen LogP contribution is 2.17. The number of nitrogens with zero attached hydrogens (tertiary/aromatic N) is 1. The first-order chi connectivity index (χ1) is 14.9. The summed E-state index contributed by atoms with van der Waals surface area (Å²) in [4.78, 5) is 35.8. The van der Waals surface area contributed by atoms with Crippen molar-refractivity contribution in [2.75, 3.05) is 26.8 Å². The van der Waals surface area contributed by atoms with Gasteiger partial charge in [0.15, 0.2) is 0 Å². The lowest BCUT2D eigenvalue weighted by atomic mass is 10.1. The molecule has 0 radical (unpaired) electrons. The molecule has 2 rings (SSSR count). The zero-order valence-electron chi connectivity index (χ0n) is 17.5. The molecule has 0 aliphatic heterocycles.